The van der Waals surface area contributed by atoms with Crippen LogP contribution in [0.4, 0.5) is 5.82 Å². The lowest BCUT2D eigenvalue weighted by molar-refractivity contribution is 0.213. The number of aromatic nitrogens is 4. The van der Waals surface area contributed by atoms with E-state index >= 15 is 0 Å². The average molecular weight is 355 g/mol. The summed E-state index contributed by atoms with van der Waals surface area (Å²) in [7, 11) is 3.97. The van der Waals surface area contributed by atoms with Crippen molar-refractivity contribution in [2.24, 2.45) is 7.05 Å². The van der Waals surface area contributed by atoms with Crippen molar-refractivity contribution < 1.29 is 5.11 Å². The number of rotatable bonds is 6. The molecule has 0 spiro atoms. The molecule has 0 saturated carbocycles. The fourth-order valence-electron chi connectivity index (χ4n) is 3.45. The summed E-state index contributed by atoms with van der Waals surface area (Å²) >= 11 is 0. The first-order chi connectivity index (χ1) is 12.6. The van der Waals surface area contributed by atoms with E-state index in [1.54, 1.807) is 12.3 Å². The van der Waals surface area contributed by atoms with Crippen molar-refractivity contribution in [3.63, 3.8) is 0 Å². The number of nitrogens with zero attached hydrogens (tertiary/aromatic N) is 7. The highest BCUT2D eigenvalue weighted by Gasteiger charge is 2.26. The summed E-state index contributed by atoms with van der Waals surface area (Å²) in [5.74, 6) is 3.06. The predicted octanol–water partition coefficient (Wildman–Crippen LogP) is 0.890. The van der Waals surface area contributed by atoms with Crippen LogP contribution in [0.3, 0.4) is 0 Å². The minimum absolute atomic E-state index is 0.137. The second-order valence-electron chi connectivity index (χ2n) is 6.74. The molecule has 0 aliphatic carbocycles. The highest BCUT2D eigenvalue weighted by atomic mass is 16.3. The molecule has 1 fully saturated rings. The number of pyridine rings is 1. The minimum Gasteiger partial charge on any atom is -0.395 e. The fourth-order valence-corrected chi connectivity index (χ4v) is 3.45. The molecule has 1 aliphatic rings. The summed E-state index contributed by atoms with van der Waals surface area (Å²) in [6, 6.07) is 5.83. The van der Waals surface area contributed by atoms with Crippen LogP contribution >= 0.6 is 0 Å². The molecule has 3 rings (SSSR count). The number of hydrogen-bond donors (Lipinski definition) is 1. The first kappa shape index (κ1) is 18.3. The molecule has 2 aromatic rings. The number of nitriles is 1. The molecular formula is C18H25N7O. The third-order valence-corrected chi connectivity index (χ3v) is 4.96. The molecule has 138 valence electrons. The fraction of sp³-hybridized carbons (Fsp3) is 0.556. The van der Waals surface area contributed by atoms with Crippen LogP contribution in [0, 0.1) is 11.3 Å². The standard InChI is InChI=1S/C18H25N7O/c1-23(10-11-26)13-16-21-22-18(24(16)2)14-5-8-25(9-6-14)17-15(12-19)4-3-7-20-17/h3-4,7,14,26H,5-6,8-11,13H2,1-2H3. The monoisotopic (exact) mass is 355 g/mol. The zero-order valence-corrected chi connectivity index (χ0v) is 15.3. The molecule has 0 bridgehead atoms. The summed E-state index contributed by atoms with van der Waals surface area (Å²) in [6.07, 6.45) is 3.65. The van der Waals surface area contributed by atoms with Gasteiger partial charge in [0.25, 0.3) is 0 Å². The smallest absolute Gasteiger partial charge is 0.146 e. The summed E-state index contributed by atoms with van der Waals surface area (Å²) < 4.78 is 2.08. The van der Waals surface area contributed by atoms with Crippen molar-refractivity contribution in [2.45, 2.75) is 25.3 Å². The van der Waals surface area contributed by atoms with Crippen LogP contribution in [0.1, 0.15) is 36.0 Å². The van der Waals surface area contributed by atoms with Gasteiger partial charge in [0.2, 0.25) is 0 Å². The maximum absolute atomic E-state index is 9.27. The quantitative estimate of drug-likeness (QED) is 0.822. The number of anilines is 1. The zero-order chi connectivity index (χ0) is 18.5. The molecule has 1 aliphatic heterocycles. The van der Waals surface area contributed by atoms with Gasteiger partial charge in [-0.25, -0.2) is 4.98 Å². The van der Waals surface area contributed by atoms with Gasteiger partial charge in [-0.1, -0.05) is 0 Å². The van der Waals surface area contributed by atoms with Crippen molar-refractivity contribution in [2.75, 3.05) is 38.2 Å². The SMILES string of the molecule is CN(CCO)Cc1nnc(C2CCN(c3ncccc3C#N)CC2)n1C. The molecule has 0 unspecified atom stereocenters. The molecule has 26 heavy (non-hydrogen) atoms. The van der Waals surface area contributed by atoms with Gasteiger partial charge in [-0.2, -0.15) is 5.26 Å². The van der Waals surface area contributed by atoms with Crippen LogP contribution in [0.25, 0.3) is 0 Å². The molecule has 0 aromatic carbocycles. The molecular weight excluding hydrogens is 330 g/mol. The van der Waals surface area contributed by atoms with Gasteiger partial charge < -0.3 is 14.6 Å². The lowest BCUT2D eigenvalue weighted by Gasteiger charge is -2.32. The van der Waals surface area contributed by atoms with Gasteiger partial charge in [-0.15, -0.1) is 10.2 Å². The second kappa shape index (κ2) is 8.25. The third kappa shape index (κ3) is 3.84. The van der Waals surface area contributed by atoms with E-state index in [0.717, 1.165) is 43.4 Å². The van der Waals surface area contributed by atoms with Crippen LogP contribution in [-0.4, -0.2) is 63.0 Å². The van der Waals surface area contributed by atoms with Gasteiger partial charge in [0.05, 0.1) is 18.7 Å². The minimum atomic E-state index is 0.137. The summed E-state index contributed by atoms with van der Waals surface area (Å²) in [5, 5.41) is 27.1. The van der Waals surface area contributed by atoms with Crippen molar-refractivity contribution in [3.8, 4) is 6.07 Å². The van der Waals surface area contributed by atoms with Gasteiger partial charge in [-0.3, -0.25) is 4.90 Å². The Morgan fingerprint density at radius 3 is 2.81 bits per heavy atom. The Kier molecular flexibility index (Phi) is 5.81. The normalized spacial score (nSPS) is 15.4. The Morgan fingerprint density at radius 1 is 1.35 bits per heavy atom. The van der Waals surface area contributed by atoms with Crippen molar-refractivity contribution in [1.29, 1.82) is 5.26 Å². The Labute approximate surface area is 153 Å². The van der Waals surface area contributed by atoms with Gasteiger partial charge >= 0.3 is 0 Å². The van der Waals surface area contributed by atoms with Crippen LogP contribution in [0.5, 0.6) is 0 Å². The molecule has 0 amide bonds. The molecule has 8 nitrogen and oxygen atoms in total. The molecule has 3 heterocycles. The number of likely N-dealkylation sites (N-methyl/N-ethyl adjacent to an activating group) is 1. The van der Waals surface area contributed by atoms with Gasteiger partial charge in [-0.05, 0) is 32.0 Å². The van der Waals surface area contributed by atoms with Crippen LogP contribution < -0.4 is 4.90 Å². The first-order valence-electron chi connectivity index (χ1n) is 8.91. The van der Waals surface area contributed by atoms with E-state index in [0.29, 0.717) is 24.6 Å². The van der Waals surface area contributed by atoms with Gasteiger partial charge in [0.1, 0.15) is 23.5 Å². The van der Waals surface area contributed by atoms with E-state index in [2.05, 4.69) is 30.7 Å². The predicted molar refractivity (Wildman–Crippen MR) is 97.6 cm³/mol. The molecule has 0 radical (unpaired) electrons. The molecule has 1 N–H and O–H groups in total. The third-order valence-electron chi connectivity index (χ3n) is 4.96. The van der Waals surface area contributed by atoms with E-state index in [-0.39, 0.29) is 6.61 Å². The Bertz CT molecular complexity index is 774. The van der Waals surface area contributed by atoms with Gasteiger partial charge in [0, 0.05) is 38.8 Å². The Hall–Kier alpha value is -2.50. The van der Waals surface area contributed by atoms with E-state index in [9.17, 15) is 5.26 Å². The summed E-state index contributed by atoms with van der Waals surface area (Å²) in [5.41, 5.74) is 0.624. The largest absolute Gasteiger partial charge is 0.395 e. The molecule has 8 heteroatoms. The maximum Gasteiger partial charge on any atom is 0.146 e. The lowest BCUT2D eigenvalue weighted by atomic mass is 9.95. The van der Waals surface area contributed by atoms with Gasteiger partial charge in [0.15, 0.2) is 0 Å². The van der Waals surface area contributed by atoms with Crippen LogP contribution in [0.15, 0.2) is 18.3 Å². The highest BCUT2D eigenvalue weighted by Crippen LogP contribution is 2.30. The Balaban J connectivity index is 1.65. The summed E-state index contributed by atoms with van der Waals surface area (Å²) in [6.45, 7) is 3.12. The van der Waals surface area contributed by atoms with Crippen LogP contribution in [-0.2, 0) is 13.6 Å². The number of piperidine rings is 1. The van der Waals surface area contributed by atoms with E-state index in [1.807, 2.05) is 25.1 Å². The van der Waals surface area contributed by atoms with Crippen molar-refractivity contribution >= 4 is 5.82 Å². The molecule has 2 aromatic heterocycles. The van der Waals surface area contributed by atoms with Crippen molar-refractivity contribution in [1.82, 2.24) is 24.6 Å². The average Bonchev–Trinajstić information content (AvgIpc) is 3.02. The summed E-state index contributed by atoms with van der Waals surface area (Å²) in [4.78, 5) is 8.60. The van der Waals surface area contributed by atoms with E-state index in [4.69, 9.17) is 5.11 Å². The number of aliphatic hydroxyl groups excluding tert-OH is 1. The zero-order valence-electron chi connectivity index (χ0n) is 15.3. The number of aliphatic hydroxyl groups is 1. The number of hydrogen-bond acceptors (Lipinski definition) is 7. The van der Waals surface area contributed by atoms with E-state index < -0.39 is 0 Å². The first-order valence-corrected chi connectivity index (χ1v) is 8.91. The molecule has 0 atom stereocenters. The van der Waals surface area contributed by atoms with Crippen LogP contribution in [0.2, 0.25) is 0 Å². The van der Waals surface area contributed by atoms with E-state index in [1.165, 1.54) is 0 Å². The van der Waals surface area contributed by atoms with Crippen molar-refractivity contribution in [3.05, 3.63) is 35.5 Å². The lowest BCUT2D eigenvalue weighted by Crippen LogP contribution is -2.34. The second-order valence-corrected chi connectivity index (χ2v) is 6.74. The molecule has 1 saturated heterocycles. The highest BCUT2D eigenvalue weighted by molar-refractivity contribution is 5.53. The topological polar surface area (TPSA) is 94.1 Å². The maximum atomic E-state index is 9.27. The Morgan fingerprint density at radius 2 is 2.12 bits per heavy atom.